The van der Waals surface area contributed by atoms with Crippen LogP contribution in [0.3, 0.4) is 0 Å². The van der Waals surface area contributed by atoms with Crippen molar-refractivity contribution < 1.29 is 24.2 Å². The molecule has 0 radical (unpaired) electrons. The SMILES string of the molecule is NC(=O)COCCNC(=O)c1cccn1CC(=O)O. The molecule has 0 saturated carbocycles. The molecule has 0 fully saturated rings. The summed E-state index contributed by atoms with van der Waals surface area (Å²) in [6, 6.07) is 3.10. The van der Waals surface area contributed by atoms with E-state index >= 15 is 0 Å². The van der Waals surface area contributed by atoms with Crippen molar-refractivity contribution >= 4 is 17.8 Å². The number of carbonyl (C=O) groups excluding carboxylic acids is 2. The molecule has 0 unspecified atom stereocenters. The Morgan fingerprint density at radius 2 is 2.16 bits per heavy atom. The smallest absolute Gasteiger partial charge is 0.323 e. The molecule has 0 bridgehead atoms. The van der Waals surface area contributed by atoms with Crippen molar-refractivity contribution in [3.63, 3.8) is 0 Å². The number of nitrogens with zero attached hydrogens (tertiary/aromatic N) is 1. The third kappa shape index (κ3) is 5.21. The predicted molar refractivity (Wildman–Crippen MR) is 64.4 cm³/mol. The van der Waals surface area contributed by atoms with E-state index in [4.69, 9.17) is 15.6 Å². The Bertz CT molecular complexity index is 469. The standard InChI is InChI=1S/C11H15N3O5/c12-9(15)7-19-5-3-13-11(18)8-2-1-4-14(8)6-10(16)17/h1-2,4H,3,5-7H2,(H2,12,15)(H,13,18)(H,16,17). The summed E-state index contributed by atoms with van der Waals surface area (Å²) in [7, 11) is 0. The van der Waals surface area contributed by atoms with E-state index in [1.807, 2.05) is 0 Å². The van der Waals surface area contributed by atoms with Gasteiger partial charge in [-0.05, 0) is 12.1 Å². The summed E-state index contributed by atoms with van der Waals surface area (Å²) in [5.74, 6) is -2.02. The van der Waals surface area contributed by atoms with E-state index in [9.17, 15) is 14.4 Å². The Kier molecular flexibility index (Phi) is 5.55. The summed E-state index contributed by atoms with van der Waals surface area (Å²) in [6.45, 7) is -0.141. The minimum atomic E-state index is -1.03. The molecule has 0 saturated heterocycles. The number of hydrogen-bond acceptors (Lipinski definition) is 4. The Morgan fingerprint density at radius 1 is 1.42 bits per heavy atom. The van der Waals surface area contributed by atoms with Gasteiger partial charge in [0.1, 0.15) is 18.8 Å². The summed E-state index contributed by atoms with van der Waals surface area (Å²) in [4.78, 5) is 32.7. The van der Waals surface area contributed by atoms with Gasteiger partial charge in [0.15, 0.2) is 0 Å². The third-order valence-electron chi connectivity index (χ3n) is 2.14. The molecule has 0 aliphatic carbocycles. The van der Waals surface area contributed by atoms with Gasteiger partial charge >= 0.3 is 5.97 Å². The largest absolute Gasteiger partial charge is 0.480 e. The van der Waals surface area contributed by atoms with E-state index in [1.54, 1.807) is 6.07 Å². The van der Waals surface area contributed by atoms with Crippen LogP contribution in [0, 0.1) is 0 Å². The highest BCUT2D eigenvalue weighted by Gasteiger charge is 2.11. The average Bonchev–Trinajstić information content (AvgIpc) is 2.75. The number of aromatic nitrogens is 1. The summed E-state index contributed by atoms with van der Waals surface area (Å²) in [5.41, 5.74) is 5.12. The van der Waals surface area contributed by atoms with Crippen molar-refractivity contribution in [3.05, 3.63) is 24.0 Å². The second-order valence-electron chi connectivity index (χ2n) is 3.69. The van der Waals surface area contributed by atoms with Gasteiger partial charge < -0.3 is 25.5 Å². The molecule has 0 aromatic carbocycles. The van der Waals surface area contributed by atoms with Gasteiger partial charge in [0.2, 0.25) is 5.91 Å². The molecule has 0 atom stereocenters. The number of aliphatic carboxylic acids is 1. The maximum absolute atomic E-state index is 11.7. The normalized spacial score (nSPS) is 10.1. The number of nitrogens with two attached hydrogens (primary N) is 1. The lowest BCUT2D eigenvalue weighted by Crippen LogP contribution is -2.30. The van der Waals surface area contributed by atoms with Gasteiger partial charge in [-0.15, -0.1) is 0 Å². The van der Waals surface area contributed by atoms with Crippen LogP contribution in [0.1, 0.15) is 10.5 Å². The molecule has 8 heteroatoms. The molecule has 4 N–H and O–H groups in total. The molecule has 8 nitrogen and oxygen atoms in total. The summed E-state index contributed by atoms with van der Waals surface area (Å²) >= 11 is 0. The van der Waals surface area contributed by atoms with Gasteiger partial charge in [-0.3, -0.25) is 14.4 Å². The maximum atomic E-state index is 11.7. The van der Waals surface area contributed by atoms with Crippen LogP contribution < -0.4 is 11.1 Å². The average molecular weight is 269 g/mol. The van der Waals surface area contributed by atoms with Crippen LogP contribution in [0.4, 0.5) is 0 Å². The lowest BCUT2D eigenvalue weighted by molar-refractivity contribution is -0.137. The highest BCUT2D eigenvalue weighted by Crippen LogP contribution is 2.02. The fourth-order valence-electron chi connectivity index (χ4n) is 1.40. The third-order valence-corrected chi connectivity index (χ3v) is 2.14. The van der Waals surface area contributed by atoms with Crippen LogP contribution in [-0.4, -0.2) is 47.2 Å². The predicted octanol–water partition coefficient (Wildman–Crippen LogP) is -1.20. The number of hydrogen-bond donors (Lipinski definition) is 3. The topological polar surface area (TPSA) is 124 Å². The van der Waals surface area contributed by atoms with Crippen LogP contribution in [0.2, 0.25) is 0 Å². The Labute approximate surface area is 109 Å². The maximum Gasteiger partial charge on any atom is 0.323 e. The van der Waals surface area contributed by atoms with Gasteiger partial charge in [-0.2, -0.15) is 0 Å². The van der Waals surface area contributed by atoms with Crippen molar-refractivity contribution in [2.75, 3.05) is 19.8 Å². The molecule has 0 aliphatic heterocycles. The van der Waals surface area contributed by atoms with Crippen LogP contribution >= 0.6 is 0 Å². The zero-order valence-electron chi connectivity index (χ0n) is 10.2. The van der Waals surface area contributed by atoms with E-state index < -0.39 is 17.8 Å². The van der Waals surface area contributed by atoms with Crippen LogP contribution in [0.25, 0.3) is 0 Å². The van der Waals surface area contributed by atoms with Crippen LogP contribution in [0.15, 0.2) is 18.3 Å². The van der Waals surface area contributed by atoms with Crippen LogP contribution in [-0.2, 0) is 20.9 Å². The van der Waals surface area contributed by atoms with Crippen molar-refractivity contribution in [2.24, 2.45) is 5.73 Å². The Hall–Kier alpha value is -2.35. The van der Waals surface area contributed by atoms with Crippen LogP contribution in [0.5, 0.6) is 0 Å². The molecule has 0 aliphatic rings. The number of amides is 2. The number of nitrogens with one attached hydrogen (secondary N) is 1. The first kappa shape index (κ1) is 14.7. The first-order valence-electron chi connectivity index (χ1n) is 5.52. The highest BCUT2D eigenvalue weighted by molar-refractivity contribution is 5.93. The van der Waals surface area contributed by atoms with E-state index in [-0.39, 0.29) is 32.0 Å². The molecule has 19 heavy (non-hydrogen) atoms. The van der Waals surface area contributed by atoms with Gasteiger partial charge in [-0.25, -0.2) is 0 Å². The number of primary amides is 1. The quantitative estimate of drug-likeness (QED) is 0.512. The monoisotopic (exact) mass is 269 g/mol. The van der Waals surface area contributed by atoms with Gasteiger partial charge in [-0.1, -0.05) is 0 Å². The van der Waals surface area contributed by atoms with Gasteiger partial charge in [0, 0.05) is 12.7 Å². The molecular formula is C11H15N3O5. The zero-order valence-corrected chi connectivity index (χ0v) is 10.2. The van der Waals surface area contributed by atoms with Gasteiger partial charge in [0.05, 0.1) is 6.61 Å². The number of carboxylic acid groups (broad SMARTS) is 1. The second kappa shape index (κ2) is 7.17. The summed E-state index contributed by atoms with van der Waals surface area (Å²) in [6.07, 6.45) is 1.51. The minimum absolute atomic E-state index is 0.147. The first-order valence-corrected chi connectivity index (χ1v) is 5.52. The fraction of sp³-hybridized carbons (Fsp3) is 0.364. The van der Waals surface area contributed by atoms with E-state index in [2.05, 4.69) is 5.32 Å². The molecule has 1 aromatic heterocycles. The summed E-state index contributed by atoms with van der Waals surface area (Å²) < 4.78 is 6.19. The zero-order chi connectivity index (χ0) is 14.3. The first-order chi connectivity index (χ1) is 9.00. The summed E-state index contributed by atoms with van der Waals surface area (Å²) in [5, 5.41) is 11.2. The Morgan fingerprint density at radius 3 is 2.79 bits per heavy atom. The van der Waals surface area contributed by atoms with Gasteiger partial charge in [0.25, 0.3) is 5.91 Å². The second-order valence-corrected chi connectivity index (χ2v) is 3.69. The lowest BCUT2D eigenvalue weighted by Gasteiger charge is -2.08. The lowest BCUT2D eigenvalue weighted by atomic mass is 10.4. The molecular weight excluding hydrogens is 254 g/mol. The van der Waals surface area contributed by atoms with Crippen molar-refractivity contribution in [1.82, 2.24) is 9.88 Å². The van der Waals surface area contributed by atoms with Crippen molar-refractivity contribution in [1.29, 1.82) is 0 Å². The molecule has 0 spiro atoms. The van der Waals surface area contributed by atoms with E-state index in [0.29, 0.717) is 0 Å². The highest BCUT2D eigenvalue weighted by atomic mass is 16.5. The van der Waals surface area contributed by atoms with Crippen molar-refractivity contribution in [2.45, 2.75) is 6.54 Å². The molecule has 1 heterocycles. The number of rotatable bonds is 8. The van der Waals surface area contributed by atoms with E-state index in [0.717, 1.165) is 0 Å². The number of carboxylic acids is 1. The fourth-order valence-corrected chi connectivity index (χ4v) is 1.40. The molecule has 104 valence electrons. The minimum Gasteiger partial charge on any atom is -0.480 e. The van der Waals surface area contributed by atoms with Crippen molar-refractivity contribution in [3.8, 4) is 0 Å². The molecule has 2 amide bonds. The molecule has 1 aromatic rings. The molecule has 1 rings (SSSR count). The number of ether oxygens (including phenoxy) is 1. The van der Waals surface area contributed by atoms with E-state index in [1.165, 1.54) is 16.8 Å². The number of carbonyl (C=O) groups is 3. The Balaban J connectivity index is 2.39.